The first-order valence-corrected chi connectivity index (χ1v) is 4.54. The predicted octanol–water partition coefficient (Wildman–Crippen LogP) is -1.20. The van der Waals surface area contributed by atoms with Crippen molar-refractivity contribution in [3.8, 4) is 0 Å². The van der Waals surface area contributed by atoms with Crippen LogP contribution < -0.4 is 16.4 Å². The molecule has 2 rings (SSSR count). The zero-order valence-electron chi connectivity index (χ0n) is 8.19. The number of H-pyrrole nitrogens is 1. The molecule has 0 bridgehead atoms. The summed E-state index contributed by atoms with van der Waals surface area (Å²) >= 11 is 0. The second-order valence-corrected chi connectivity index (χ2v) is 3.34. The highest BCUT2D eigenvalue weighted by Gasteiger charge is 2.05. The van der Waals surface area contributed by atoms with Crippen LogP contribution in [0.5, 0.6) is 0 Å². The molecule has 0 aliphatic heterocycles. The first-order chi connectivity index (χ1) is 7.56. The summed E-state index contributed by atoms with van der Waals surface area (Å²) in [5.41, 5.74) is 5.70. The maximum atomic E-state index is 11.2. The van der Waals surface area contributed by atoms with Gasteiger partial charge in [-0.15, -0.1) is 0 Å². The molecule has 0 radical (unpaired) electrons. The number of nitrogens with one attached hydrogen (secondary N) is 1. The molecular formula is C10H8N3O3-. The van der Waals surface area contributed by atoms with Gasteiger partial charge < -0.3 is 20.6 Å². The number of hydrogen-bond donors (Lipinski definition) is 2. The lowest BCUT2D eigenvalue weighted by Crippen LogP contribution is -2.25. The number of fused-ring (bicyclic) bond motifs is 1. The van der Waals surface area contributed by atoms with Gasteiger partial charge in [0.05, 0.1) is 0 Å². The number of rotatable bonds is 2. The van der Waals surface area contributed by atoms with Gasteiger partial charge in [0.2, 0.25) is 5.56 Å². The van der Waals surface area contributed by atoms with E-state index in [9.17, 15) is 14.7 Å². The summed E-state index contributed by atoms with van der Waals surface area (Å²) in [4.78, 5) is 28.2. The zero-order chi connectivity index (χ0) is 11.7. The van der Waals surface area contributed by atoms with E-state index in [0.717, 1.165) is 0 Å². The van der Waals surface area contributed by atoms with Crippen LogP contribution in [0.25, 0.3) is 11.0 Å². The average molecular weight is 218 g/mol. The normalized spacial score (nSPS) is 10.5. The van der Waals surface area contributed by atoms with Gasteiger partial charge in [-0.05, 0) is 17.7 Å². The number of nitrogens with zero attached hydrogens (tertiary/aromatic N) is 1. The summed E-state index contributed by atoms with van der Waals surface area (Å²) < 4.78 is 0. The fourth-order valence-corrected chi connectivity index (χ4v) is 1.52. The number of nitrogen functional groups attached to an aromatic ring is 1. The molecule has 6 nitrogen and oxygen atoms in total. The average Bonchev–Trinajstić information content (AvgIpc) is 2.15. The summed E-state index contributed by atoms with van der Waals surface area (Å²) in [7, 11) is 0. The smallest absolute Gasteiger partial charge is 0.249 e. The summed E-state index contributed by atoms with van der Waals surface area (Å²) in [5, 5.41) is 11.1. The highest BCUT2D eigenvalue weighted by molar-refractivity contribution is 5.83. The van der Waals surface area contributed by atoms with Gasteiger partial charge in [0, 0.05) is 23.8 Å². The van der Waals surface area contributed by atoms with E-state index in [1.165, 1.54) is 6.07 Å². The van der Waals surface area contributed by atoms with Crippen LogP contribution in [0.3, 0.4) is 0 Å². The molecule has 82 valence electrons. The molecule has 0 amide bonds. The van der Waals surface area contributed by atoms with Gasteiger partial charge in [0.1, 0.15) is 11.5 Å². The number of carbonyl (C=O) groups excluding carboxylic acids is 1. The van der Waals surface area contributed by atoms with E-state index in [-0.39, 0.29) is 17.9 Å². The summed E-state index contributed by atoms with van der Waals surface area (Å²) in [5.74, 6) is -0.988. The summed E-state index contributed by atoms with van der Waals surface area (Å²) in [6, 6.07) is 4.38. The molecule has 0 saturated carbocycles. The molecule has 0 aliphatic rings. The van der Waals surface area contributed by atoms with E-state index >= 15 is 0 Å². The van der Waals surface area contributed by atoms with Crippen molar-refractivity contribution in [2.75, 3.05) is 5.73 Å². The molecule has 0 unspecified atom stereocenters. The number of hydrogen-bond acceptors (Lipinski definition) is 5. The van der Waals surface area contributed by atoms with Gasteiger partial charge in [0.15, 0.2) is 0 Å². The first kappa shape index (κ1) is 10.2. The summed E-state index contributed by atoms with van der Waals surface area (Å²) in [6.07, 6.45) is -0.327. The lowest BCUT2D eigenvalue weighted by Gasteiger charge is -2.06. The number of aromatic amines is 1. The molecule has 2 aromatic heterocycles. The van der Waals surface area contributed by atoms with E-state index in [1.807, 2.05) is 0 Å². The number of aromatic nitrogens is 2. The Labute approximate surface area is 89.7 Å². The van der Waals surface area contributed by atoms with Crippen LogP contribution in [-0.2, 0) is 11.2 Å². The van der Waals surface area contributed by atoms with Crippen molar-refractivity contribution in [1.82, 2.24) is 9.97 Å². The SMILES string of the molecule is Nc1ccc2c(CC(=O)[O-])cc(=O)[nH]c2n1. The van der Waals surface area contributed by atoms with E-state index in [0.29, 0.717) is 10.9 Å². The van der Waals surface area contributed by atoms with Crippen molar-refractivity contribution in [2.45, 2.75) is 6.42 Å². The van der Waals surface area contributed by atoms with Crippen molar-refractivity contribution in [3.63, 3.8) is 0 Å². The number of anilines is 1. The van der Waals surface area contributed by atoms with Crippen molar-refractivity contribution in [1.29, 1.82) is 0 Å². The Morgan fingerprint density at radius 3 is 2.94 bits per heavy atom. The van der Waals surface area contributed by atoms with Gasteiger partial charge in [-0.2, -0.15) is 0 Å². The molecule has 0 aromatic carbocycles. The van der Waals surface area contributed by atoms with Crippen LogP contribution >= 0.6 is 0 Å². The number of carboxylic acids is 1. The molecule has 0 atom stereocenters. The standard InChI is InChI=1S/C10H9N3O3/c11-7-2-1-6-5(4-9(15)16)3-8(14)13-10(6)12-7/h1-3H,4H2,(H,15,16)(H3,11,12,13,14)/p-1. The third-order valence-corrected chi connectivity index (χ3v) is 2.14. The number of nitrogens with two attached hydrogens (primary N) is 1. The lowest BCUT2D eigenvalue weighted by molar-refractivity contribution is -0.304. The molecule has 0 fully saturated rings. The Morgan fingerprint density at radius 2 is 2.25 bits per heavy atom. The Kier molecular flexibility index (Phi) is 2.32. The molecular weight excluding hydrogens is 210 g/mol. The first-order valence-electron chi connectivity index (χ1n) is 4.54. The lowest BCUT2D eigenvalue weighted by atomic mass is 10.1. The third kappa shape index (κ3) is 1.85. The minimum absolute atomic E-state index is 0.258. The second-order valence-electron chi connectivity index (χ2n) is 3.34. The highest BCUT2D eigenvalue weighted by Crippen LogP contribution is 2.14. The minimum Gasteiger partial charge on any atom is -0.550 e. The summed E-state index contributed by atoms with van der Waals surface area (Å²) in [6.45, 7) is 0. The van der Waals surface area contributed by atoms with E-state index in [1.54, 1.807) is 12.1 Å². The monoisotopic (exact) mass is 218 g/mol. The van der Waals surface area contributed by atoms with Crippen LogP contribution in [-0.4, -0.2) is 15.9 Å². The second kappa shape index (κ2) is 3.65. The highest BCUT2D eigenvalue weighted by atomic mass is 16.4. The van der Waals surface area contributed by atoms with Crippen molar-refractivity contribution in [2.24, 2.45) is 0 Å². The number of carboxylic acid groups (broad SMARTS) is 1. The fraction of sp³-hybridized carbons (Fsp3) is 0.100. The van der Waals surface area contributed by atoms with Gasteiger partial charge in [0.25, 0.3) is 0 Å². The number of carbonyl (C=O) groups is 1. The molecule has 2 aromatic rings. The molecule has 0 spiro atoms. The van der Waals surface area contributed by atoms with Gasteiger partial charge >= 0.3 is 0 Å². The Bertz CT molecular complexity index is 618. The molecule has 16 heavy (non-hydrogen) atoms. The quantitative estimate of drug-likeness (QED) is 0.657. The van der Waals surface area contributed by atoms with E-state index in [4.69, 9.17) is 5.73 Å². The largest absolute Gasteiger partial charge is 0.550 e. The van der Waals surface area contributed by atoms with Crippen molar-refractivity contribution < 1.29 is 9.90 Å². The minimum atomic E-state index is -1.25. The van der Waals surface area contributed by atoms with E-state index < -0.39 is 11.5 Å². The number of pyridine rings is 2. The maximum absolute atomic E-state index is 11.2. The van der Waals surface area contributed by atoms with Crippen molar-refractivity contribution >= 4 is 22.8 Å². The van der Waals surface area contributed by atoms with Crippen molar-refractivity contribution in [3.05, 3.63) is 34.1 Å². The van der Waals surface area contributed by atoms with Crippen LogP contribution in [0, 0.1) is 0 Å². The Balaban J connectivity index is 2.72. The Morgan fingerprint density at radius 1 is 1.50 bits per heavy atom. The van der Waals surface area contributed by atoms with Crippen LogP contribution in [0.4, 0.5) is 5.82 Å². The zero-order valence-corrected chi connectivity index (χ0v) is 8.19. The van der Waals surface area contributed by atoms with Gasteiger partial charge in [-0.1, -0.05) is 0 Å². The van der Waals surface area contributed by atoms with Gasteiger partial charge in [-0.25, -0.2) is 4.98 Å². The molecule has 6 heteroatoms. The molecule has 0 aliphatic carbocycles. The number of aliphatic carboxylic acids is 1. The van der Waals surface area contributed by atoms with Crippen LogP contribution in [0.15, 0.2) is 23.0 Å². The predicted molar refractivity (Wildman–Crippen MR) is 55.5 cm³/mol. The Hall–Kier alpha value is -2.37. The van der Waals surface area contributed by atoms with Crippen LogP contribution in [0.1, 0.15) is 5.56 Å². The topological polar surface area (TPSA) is 112 Å². The third-order valence-electron chi connectivity index (χ3n) is 2.14. The molecule has 0 saturated heterocycles. The van der Waals surface area contributed by atoms with Crippen LogP contribution in [0.2, 0.25) is 0 Å². The molecule has 3 N–H and O–H groups in total. The fourth-order valence-electron chi connectivity index (χ4n) is 1.52. The molecule has 2 heterocycles. The maximum Gasteiger partial charge on any atom is 0.249 e. The van der Waals surface area contributed by atoms with Gasteiger partial charge in [-0.3, -0.25) is 4.79 Å². The van der Waals surface area contributed by atoms with E-state index in [2.05, 4.69) is 9.97 Å².